The molecule has 0 heterocycles. The van der Waals surface area contributed by atoms with Crippen molar-refractivity contribution < 1.29 is 4.79 Å². The molecule has 0 aliphatic carbocycles. The summed E-state index contributed by atoms with van der Waals surface area (Å²) in [7, 11) is 0. The van der Waals surface area contributed by atoms with Crippen molar-refractivity contribution in [1.82, 2.24) is 0 Å². The summed E-state index contributed by atoms with van der Waals surface area (Å²) in [6, 6.07) is 5.51. The molecule has 0 bridgehead atoms. The Bertz CT molecular complexity index is 344. The molecule has 0 spiro atoms. The number of aryl methyl sites for hydroxylation is 2. The number of benzene rings is 1. The Morgan fingerprint density at radius 2 is 2.07 bits per heavy atom. The van der Waals surface area contributed by atoms with Gasteiger partial charge < -0.3 is 5.73 Å². The first-order valence-corrected chi connectivity index (χ1v) is 4.93. The average Bonchev–Trinajstić information content (AvgIpc) is 2.19. The minimum Gasteiger partial charge on any atom is -0.321 e. The molecular formula is C12H17NO. The van der Waals surface area contributed by atoms with Gasteiger partial charge in [-0.05, 0) is 31.9 Å². The molecule has 2 N–H and O–H groups in total. The van der Waals surface area contributed by atoms with E-state index in [1.165, 1.54) is 0 Å². The highest BCUT2D eigenvalue weighted by atomic mass is 16.1. The zero-order chi connectivity index (χ0) is 10.7. The molecule has 1 atom stereocenters. The van der Waals surface area contributed by atoms with Crippen LogP contribution in [-0.2, 0) is 0 Å². The van der Waals surface area contributed by atoms with E-state index in [2.05, 4.69) is 0 Å². The third kappa shape index (κ3) is 2.20. The topological polar surface area (TPSA) is 43.1 Å². The predicted molar refractivity (Wildman–Crippen MR) is 58.5 cm³/mol. The first-order chi connectivity index (χ1) is 6.56. The lowest BCUT2D eigenvalue weighted by molar-refractivity contribution is 0.0958. The molecule has 0 amide bonds. The molecule has 76 valence electrons. The summed E-state index contributed by atoms with van der Waals surface area (Å²) >= 11 is 0. The van der Waals surface area contributed by atoms with E-state index in [-0.39, 0.29) is 11.8 Å². The van der Waals surface area contributed by atoms with Crippen LogP contribution in [0.15, 0.2) is 18.2 Å². The van der Waals surface area contributed by atoms with Gasteiger partial charge in [0.2, 0.25) is 0 Å². The summed E-state index contributed by atoms with van der Waals surface area (Å²) in [5, 5.41) is 0. The van der Waals surface area contributed by atoms with Gasteiger partial charge in [-0.25, -0.2) is 0 Å². The molecule has 0 radical (unpaired) electrons. The number of ketones is 1. The van der Waals surface area contributed by atoms with Gasteiger partial charge in [0.25, 0.3) is 0 Å². The van der Waals surface area contributed by atoms with Gasteiger partial charge in [0.15, 0.2) is 5.78 Å². The molecular weight excluding hydrogens is 174 g/mol. The second-order valence-corrected chi connectivity index (χ2v) is 3.70. The summed E-state index contributed by atoms with van der Waals surface area (Å²) in [6.45, 7) is 5.84. The quantitative estimate of drug-likeness (QED) is 0.744. The Kier molecular flexibility index (Phi) is 3.42. The lowest BCUT2D eigenvalue weighted by atomic mass is 9.97. The lowest BCUT2D eigenvalue weighted by Crippen LogP contribution is -2.30. The number of hydrogen-bond donors (Lipinski definition) is 1. The monoisotopic (exact) mass is 191 g/mol. The number of carbonyl (C=O) groups excluding carboxylic acids is 1. The highest BCUT2D eigenvalue weighted by Crippen LogP contribution is 2.13. The molecule has 0 aliphatic rings. The largest absolute Gasteiger partial charge is 0.321 e. The third-order valence-corrected chi connectivity index (χ3v) is 2.44. The van der Waals surface area contributed by atoms with Crippen molar-refractivity contribution in [3.05, 3.63) is 34.9 Å². The molecule has 1 unspecified atom stereocenters. The van der Waals surface area contributed by atoms with E-state index in [0.717, 1.165) is 16.7 Å². The van der Waals surface area contributed by atoms with Crippen LogP contribution in [0.1, 0.15) is 34.8 Å². The number of Topliss-reactive ketones (excluding diaryl/α,β-unsaturated/α-hetero) is 1. The highest BCUT2D eigenvalue weighted by Gasteiger charge is 2.15. The number of nitrogens with two attached hydrogens (primary N) is 1. The second kappa shape index (κ2) is 4.38. The molecule has 0 aromatic heterocycles. The van der Waals surface area contributed by atoms with Gasteiger partial charge in [-0.2, -0.15) is 0 Å². The minimum absolute atomic E-state index is 0.0497. The maximum atomic E-state index is 11.8. The average molecular weight is 191 g/mol. The minimum atomic E-state index is -0.365. The summed E-state index contributed by atoms with van der Waals surface area (Å²) < 4.78 is 0. The van der Waals surface area contributed by atoms with Gasteiger partial charge in [0.1, 0.15) is 0 Å². The molecule has 1 aromatic carbocycles. The Balaban J connectivity index is 3.06. The van der Waals surface area contributed by atoms with Gasteiger partial charge in [0.05, 0.1) is 6.04 Å². The summed E-state index contributed by atoms with van der Waals surface area (Å²) in [5.41, 5.74) is 8.58. The van der Waals surface area contributed by atoms with Crippen LogP contribution in [0, 0.1) is 13.8 Å². The molecule has 2 nitrogen and oxygen atoms in total. The van der Waals surface area contributed by atoms with Gasteiger partial charge in [0, 0.05) is 5.56 Å². The van der Waals surface area contributed by atoms with Gasteiger partial charge in [-0.1, -0.05) is 24.6 Å². The van der Waals surface area contributed by atoms with E-state index in [0.29, 0.717) is 6.42 Å². The fraction of sp³-hybridized carbons (Fsp3) is 0.417. The van der Waals surface area contributed by atoms with E-state index < -0.39 is 0 Å². The summed E-state index contributed by atoms with van der Waals surface area (Å²) in [4.78, 5) is 11.8. The van der Waals surface area contributed by atoms with E-state index in [1.807, 2.05) is 39.0 Å². The Morgan fingerprint density at radius 3 is 2.64 bits per heavy atom. The van der Waals surface area contributed by atoms with Crippen LogP contribution >= 0.6 is 0 Å². The maximum absolute atomic E-state index is 11.8. The van der Waals surface area contributed by atoms with Crippen molar-refractivity contribution in [2.45, 2.75) is 33.2 Å². The van der Waals surface area contributed by atoms with Crippen molar-refractivity contribution in [3.63, 3.8) is 0 Å². The number of hydrogen-bond acceptors (Lipinski definition) is 2. The first-order valence-electron chi connectivity index (χ1n) is 4.93. The second-order valence-electron chi connectivity index (χ2n) is 3.70. The molecule has 0 saturated carbocycles. The van der Waals surface area contributed by atoms with Crippen molar-refractivity contribution in [3.8, 4) is 0 Å². The van der Waals surface area contributed by atoms with Crippen LogP contribution in [-0.4, -0.2) is 11.8 Å². The standard InChI is InChI=1S/C12H17NO/c1-4-11(13)12(14)10-7-8(2)5-6-9(10)3/h5-7,11H,4,13H2,1-3H3. The smallest absolute Gasteiger partial charge is 0.179 e. The van der Waals surface area contributed by atoms with Crippen molar-refractivity contribution >= 4 is 5.78 Å². The van der Waals surface area contributed by atoms with Crippen LogP contribution in [0.4, 0.5) is 0 Å². The third-order valence-electron chi connectivity index (χ3n) is 2.44. The highest BCUT2D eigenvalue weighted by molar-refractivity contribution is 6.01. The van der Waals surface area contributed by atoms with E-state index in [9.17, 15) is 4.79 Å². The summed E-state index contributed by atoms with van der Waals surface area (Å²) in [5.74, 6) is 0.0497. The van der Waals surface area contributed by atoms with Crippen molar-refractivity contribution in [2.24, 2.45) is 5.73 Å². The Hall–Kier alpha value is -1.15. The molecule has 14 heavy (non-hydrogen) atoms. The fourth-order valence-electron chi connectivity index (χ4n) is 1.39. The van der Waals surface area contributed by atoms with Crippen LogP contribution in [0.25, 0.3) is 0 Å². The van der Waals surface area contributed by atoms with Crippen LogP contribution in [0.2, 0.25) is 0 Å². The van der Waals surface area contributed by atoms with E-state index in [4.69, 9.17) is 5.73 Å². The summed E-state index contributed by atoms with van der Waals surface area (Å²) in [6.07, 6.45) is 0.687. The van der Waals surface area contributed by atoms with Crippen LogP contribution in [0.3, 0.4) is 0 Å². The van der Waals surface area contributed by atoms with Crippen molar-refractivity contribution in [2.75, 3.05) is 0 Å². The molecule has 1 rings (SSSR count). The maximum Gasteiger partial charge on any atom is 0.179 e. The zero-order valence-electron chi connectivity index (χ0n) is 9.00. The zero-order valence-corrected chi connectivity index (χ0v) is 9.00. The molecule has 2 heteroatoms. The molecule has 0 aliphatic heterocycles. The SMILES string of the molecule is CCC(N)C(=O)c1cc(C)ccc1C. The normalized spacial score (nSPS) is 12.6. The van der Waals surface area contributed by atoms with Crippen LogP contribution < -0.4 is 5.73 Å². The Labute approximate surface area is 85.1 Å². The van der Waals surface area contributed by atoms with Gasteiger partial charge in [-0.15, -0.1) is 0 Å². The molecule has 1 aromatic rings. The Morgan fingerprint density at radius 1 is 1.43 bits per heavy atom. The van der Waals surface area contributed by atoms with E-state index >= 15 is 0 Å². The van der Waals surface area contributed by atoms with Crippen LogP contribution in [0.5, 0.6) is 0 Å². The predicted octanol–water partition coefficient (Wildman–Crippen LogP) is 2.22. The molecule has 0 saturated heterocycles. The van der Waals surface area contributed by atoms with Gasteiger partial charge >= 0.3 is 0 Å². The van der Waals surface area contributed by atoms with Crippen molar-refractivity contribution in [1.29, 1.82) is 0 Å². The van der Waals surface area contributed by atoms with Gasteiger partial charge in [-0.3, -0.25) is 4.79 Å². The molecule has 0 fully saturated rings. The number of carbonyl (C=O) groups is 1. The lowest BCUT2D eigenvalue weighted by Gasteiger charge is -2.10. The number of rotatable bonds is 3. The first kappa shape index (κ1) is 10.9. The van der Waals surface area contributed by atoms with E-state index in [1.54, 1.807) is 0 Å². The fourth-order valence-corrected chi connectivity index (χ4v) is 1.39.